The standard InChI is InChI=1S/C12H17NO3/c1-8-5-4-6-9(2)11(8)15-7-10(3)16-12(13)14/h4-6,10H,7H2,1-3H3,(H2,13,14). The van der Waals surface area contributed by atoms with E-state index in [-0.39, 0.29) is 6.10 Å². The molecular formula is C12H17NO3. The predicted molar refractivity (Wildman–Crippen MR) is 61.5 cm³/mol. The summed E-state index contributed by atoms with van der Waals surface area (Å²) in [4.78, 5) is 10.5. The van der Waals surface area contributed by atoms with Gasteiger partial charge in [-0.1, -0.05) is 18.2 Å². The molecular weight excluding hydrogens is 206 g/mol. The van der Waals surface area contributed by atoms with Gasteiger partial charge in [-0.15, -0.1) is 0 Å². The zero-order valence-electron chi connectivity index (χ0n) is 9.82. The lowest BCUT2D eigenvalue weighted by molar-refractivity contribution is 0.0819. The Labute approximate surface area is 95.3 Å². The maximum Gasteiger partial charge on any atom is 0.404 e. The van der Waals surface area contributed by atoms with Crippen LogP contribution in [-0.4, -0.2) is 18.8 Å². The zero-order chi connectivity index (χ0) is 12.1. The van der Waals surface area contributed by atoms with Crippen molar-refractivity contribution in [2.45, 2.75) is 26.9 Å². The zero-order valence-corrected chi connectivity index (χ0v) is 9.82. The lowest BCUT2D eigenvalue weighted by Crippen LogP contribution is -2.25. The van der Waals surface area contributed by atoms with Crippen LogP contribution >= 0.6 is 0 Å². The quantitative estimate of drug-likeness (QED) is 0.850. The summed E-state index contributed by atoms with van der Waals surface area (Å²) >= 11 is 0. The van der Waals surface area contributed by atoms with Crippen LogP contribution in [0.15, 0.2) is 18.2 Å². The molecule has 1 amide bonds. The van der Waals surface area contributed by atoms with Crippen LogP contribution in [0.4, 0.5) is 4.79 Å². The fourth-order valence-electron chi connectivity index (χ4n) is 1.46. The molecule has 0 saturated heterocycles. The smallest absolute Gasteiger partial charge is 0.404 e. The number of carbonyl (C=O) groups is 1. The van der Waals surface area contributed by atoms with E-state index in [4.69, 9.17) is 15.2 Å². The molecule has 4 nitrogen and oxygen atoms in total. The van der Waals surface area contributed by atoms with Gasteiger partial charge in [0.25, 0.3) is 0 Å². The van der Waals surface area contributed by atoms with Gasteiger partial charge in [-0.3, -0.25) is 0 Å². The highest BCUT2D eigenvalue weighted by atomic mass is 16.6. The monoisotopic (exact) mass is 223 g/mol. The van der Waals surface area contributed by atoms with Gasteiger partial charge < -0.3 is 15.2 Å². The number of carbonyl (C=O) groups excluding carboxylic acids is 1. The van der Waals surface area contributed by atoms with Crippen LogP contribution in [0.2, 0.25) is 0 Å². The van der Waals surface area contributed by atoms with Crippen molar-refractivity contribution in [3.63, 3.8) is 0 Å². The number of benzene rings is 1. The molecule has 0 aliphatic heterocycles. The van der Waals surface area contributed by atoms with Crippen LogP contribution < -0.4 is 10.5 Å². The Kier molecular flexibility index (Phi) is 4.17. The highest BCUT2D eigenvalue weighted by Crippen LogP contribution is 2.22. The van der Waals surface area contributed by atoms with Crippen molar-refractivity contribution in [2.75, 3.05) is 6.61 Å². The minimum Gasteiger partial charge on any atom is -0.489 e. The average molecular weight is 223 g/mol. The number of primary amides is 1. The summed E-state index contributed by atoms with van der Waals surface area (Å²) in [5, 5.41) is 0. The first kappa shape index (κ1) is 12.4. The third kappa shape index (κ3) is 3.46. The Morgan fingerprint density at radius 1 is 1.38 bits per heavy atom. The Balaban J connectivity index is 2.57. The van der Waals surface area contributed by atoms with E-state index in [1.165, 1.54) is 0 Å². The van der Waals surface area contributed by atoms with E-state index in [1.54, 1.807) is 6.92 Å². The van der Waals surface area contributed by atoms with Crippen molar-refractivity contribution in [1.82, 2.24) is 0 Å². The van der Waals surface area contributed by atoms with Crippen LogP contribution in [0, 0.1) is 13.8 Å². The van der Waals surface area contributed by atoms with E-state index in [0.717, 1.165) is 16.9 Å². The maximum absolute atomic E-state index is 10.5. The molecule has 1 unspecified atom stereocenters. The Morgan fingerprint density at radius 3 is 2.44 bits per heavy atom. The molecule has 0 radical (unpaired) electrons. The molecule has 1 atom stereocenters. The molecule has 0 bridgehead atoms. The Morgan fingerprint density at radius 2 is 1.94 bits per heavy atom. The van der Waals surface area contributed by atoms with Gasteiger partial charge in [-0.05, 0) is 31.9 Å². The van der Waals surface area contributed by atoms with Gasteiger partial charge in [-0.25, -0.2) is 4.79 Å². The third-order valence-electron chi connectivity index (χ3n) is 2.19. The number of ether oxygens (including phenoxy) is 2. The summed E-state index contributed by atoms with van der Waals surface area (Å²) < 4.78 is 10.4. The molecule has 1 aromatic rings. The predicted octanol–water partition coefficient (Wildman–Crippen LogP) is 2.17. The van der Waals surface area contributed by atoms with Crippen LogP contribution in [-0.2, 0) is 4.74 Å². The number of aryl methyl sites for hydroxylation is 2. The summed E-state index contributed by atoms with van der Waals surface area (Å²) in [5.41, 5.74) is 7.03. The topological polar surface area (TPSA) is 61.6 Å². The van der Waals surface area contributed by atoms with E-state index < -0.39 is 6.09 Å². The highest BCUT2D eigenvalue weighted by Gasteiger charge is 2.09. The summed E-state index contributed by atoms with van der Waals surface area (Å²) in [7, 11) is 0. The first-order chi connectivity index (χ1) is 7.50. The molecule has 88 valence electrons. The number of rotatable bonds is 4. The number of hydrogen-bond donors (Lipinski definition) is 1. The second kappa shape index (κ2) is 5.39. The molecule has 1 aromatic carbocycles. The van der Waals surface area contributed by atoms with Crippen LogP contribution in [0.25, 0.3) is 0 Å². The third-order valence-corrected chi connectivity index (χ3v) is 2.19. The average Bonchev–Trinajstić information content (AvgIpc) is 2.15. The Hall–Kier alpha value is -1.71. The molecule has 0 spiro atoms. The van der Waals surface area contributed by atoms with Gasteiger partial charge in [0.15, 0.2) is 0 Å². The van der Waals surface area contributed by atoms with Gasteiger partial charge >= 0.3 is 6.09 Å². The molecule has 0 aliphatic carbocycles. The lowest BCUT2D eigenvalue weighted by Gasteiger charge is -2.15. The number of amides is 1. The van der Waals surface area contributed by atoms with Gasteiger partial charge in [0.2, 0.25) is 0 Å². The molecule has 16 heavy (non-hydrogen) atoms. The van der Waals surface area contributed by atoms with E-state index in [2.05, 4.69) is 0 Å². The van der Waals surface area contributed by atoms with Crippen molar-refractivity contribution in [3.05, 3.63) is 29.3 Å². The van der Waals surface area contributed by atoms with Gasteiger partial charge in [0, 0.05) is 0 Å². The SMILES string of the molecule is Cc1cccc(C)c1OCC(C)OC(N)=O. The molecule has 0 heterocycles. The van der Waals surface area contributed by atoms with Crippen molar-refractivity contribution in [2.24, 2.45) is 5.73 Å². The molecule has 2 N–H and O–H groups in total. The molecule has 0 aromatic heterocycles. The maximum atomic E-state index is 10.5. The molecule has 0 saturated carbocycles. The summed E-state index contributed by atoms with van der Waals surface area (Å²) in [5.74, 6) is 0.836. The van der Waals surface area contributed by atoms with Crippen LogP contribution in [0.3, 0.4) is 0 Å². The summed E-state index contributed by atoms with van der Waals surface area (Å²) in [6.07, 6.45) is -1.13. The lowest BCUT2D eigenvalue weighted by atomic mass is 10.1. The number of hydrogen-bond acceptors (Lipinski definition) is 3. The van der Waals surface area contributed by atoms with E-state index in [9.17, 15) is 4.79 Å². The molecule has 0 aliphatic rings. The Bertz CT molecular complexity index is 356. The highest BCUT2D eigenvalue weighted by molar-refractivity contribution is 5.64. The second-order valence-electron chi connectivity index (χ2n) is 3.78. The van der Waals surface area contributed by atoms with Crippen LogP contribution in [0.1, 0.15) is 18.1 Å². The minimum absolute atomic E-state index is 0.300. The van der Waals surface area contributed by atoms with E-state index in [0.29, 0.717) is 6.61 Å². The first-order valence-corrected chi connectivity index (χ1v) is 5.16. The van der Waals surface area contributed by atoms with Crippen molar-refractivity contribution < 1.29 is 14.3 Å². The second-order valence-corrected chi connectivity index (χ2v) is 3.78. The number of nitrogens with two attached hydrogens (primary N) is 1. The van der Waals surface area contributed by atoms with Crippen molar-refractivity contribution >= 4 is 6.09 Å². The molecule has 1 rings (SSSR count). The normalized spacial score (nSPS) is 11.9. The fourth-order valence-corrected chi connectivity index (χ4v) is 1.46. The van der Waals surface area contributed by atoms with Crippen molar-refractivity contribution in [1.29, 1.82) is 0 Å². The van der Waals surface area contributed by atoms with Crippen molar-refractivity contribution in [3.8, 4) is 5.75 Å². The number of para-hydroxylation sites is 1. The van der Waals surface area contributed by atoms with E-state index >= 15 is 0 Å². The van der Waals surface area contributed by atoms with Gasteiger partial charge in [-0.2, -0.15) is 0 Å². The summed E-state index contributed by atoms with van der Waals surface area (Å²) in [6, 6.07) is 5.92. The molecule has 4 heteroatoms. The van der Waals surface area contributed by atoms with Crippen LogP contribution in [0.5, 0.6) is 5.75 Å². The minimum atomic E-state index is -0.780. The summed E-state index contributed by atoms with van der Waals surface area (Å²) in [6.45, 7) is 5.98. The fraction of sp³-hybridized carbons (Fsp3) is 0.417. The first-order valence-electron chi connectivity index (χ1n) is 5.16. The van der Waals surface area contributed by atoms with Gasteiger partial charge in [0.1, 0.15) is 18.5 Å². The van der Waals surface area contributed by atoms with Gasteiger partial charge in [0.05, 0.1) is 0 Å². The largest absolute Gasteiger partial charge is 0.489 e. The molecule has 0 fully saturated rings. The van der Waals surface area contributed by atoms with E-state index in [1.807, 2.05) is 32.0 Å².